The van der Waals surface area contributed by atoms with Crippen LogP contribution in [0.1, 0.15) is 54.3 Å². The Morgan fingerprint density at radius 2 is 2.12 bits per heavy atom. The molecule has 0 unspecified atom stereocenters. The zero-order chi connectivity index (χ0) is 17.1. The largest absolute Gasteiger partial charge is 0.351 e. The molecule has 0 aromatic carbocycles. The highest BCUT2D eigenvalue weighted by Crippen LogP contribution is 2.30. The summed E-state index contributed by atoms with van der Waals surface area (Å²) in [4.78, 5) is 22.7. The van der Waals surface area contributed by atoms with Gasteiger partial charge in [0, 0.05) is 44.3 Å². The lowest BCUT2D eigenvalue weighted by Gasteiger charge is -2.37. The molecule has 2 aromatic rings. The summed E-state index contributed by atoms with van der Waals surface area (Å²) in [6.07, 6.45) is 12.7. The fraction of sp³-hybridized carbons (Fsp3) is 0.556. The lowest BCUT2D eigenvalue weighted by Crippen LogP contribution is -2.43. The van der Waals surface area contributed by atoms with Crippen molar-refractivity contribution in [2.45, 2.75) is 50.7 Å². The predicted molar refractivity (Wildman–Crippen MR) is 92.9 cm³/mol. The number of carbonyl (C=O) groups is 1. The number of amides is 1. The van der Waals surface area contributed by atoms with Gasteiger partial charge in [-0.1, -0.05) is 12.8 Å². The summed E-state index contributed by atoms with van der Waals surface area (Å²) in [7, 11) is 0. The molecule has 3 heterocycles. The van der Waals surface area contributed by atoms with E-state index >= 15 is 0 Å². The maximum absolute atomic E-state index is 12.1. The second-order valence-electron chi connectivity index (χ2n) is 6.92. The Labute approximate surface area is 147 Å². The molecule has 0 spiro atoms. The van der Waals surface area contributed by atoms with Gasteiger partial charge in [0.2, 0.25) is 0 Å². The third kappa shape index (κ3) is 3.56. The zero-order valence-corrected chi connectivity index (χ0v) is 14.3. The van der Waals surface area contributed by atoms with Gasteiger partial charge in [0.15, 0.2) is 0 Å². The van der Waals surface area contributed by atoms with Crippen molar-refractivity contribution in [2.75, 3.05) is 13.1 Å². The van der Waals surface area contributed by atoms with Gasteiger partial charge in [0.05, 0.1) is 17.9 Å². The number of fused-ring (bicyclic) bond motifs is 1. The van der Waals surface area contributed by atoms with Gasteiger partial charge in [-0.3, -0.25) is 19.4 Å². The van der Waals surface area contributed by atoms with E-state index in [0.717, 1.165) is 19.5 Å². The molecule has 2 aliphatic rings. The average molecular weight is 340 g/mol. The van der Waals surface area contributed by atoms with E-state index in [4.69, 9.17) is 0 Å². The van der Waals surface area contributed by atoms with Crippen LogP contribution in [0.25, 0.3) is 0 Å². The summed E-state index contributed by atoms with van der Waals surface area (Å²) < 4.78 is 2.14. The van der Waals surface area contributed by atoms with Crippen LogP contribution in [0.2, 0.25) is 0 Å². The molecule has 1 N–H and O–H groups in total. The highest BCUT2D eigenvalue weighted by atomic mass is 16.1. The number of carbonyl (C=O) groups excluding carboxylic acids is 1. The predicted octanol–water partition coefficient (Wildman–Crippen LogP) is 1.79. The van der Waals surface area contributed by atoms with Gasteiger partial charge in [-0.15, -0.1) is 0 Å². The van der Waals surface area contributed by atoms with Crippen molar-refractivity contribution in [3.05, 3.63) is 42.2 Å². The molecule has 0 radical (unpaired) electrons. The second kappa shape index (κ2) is 7.31. The van der Waals surface area contributed by atoms with Gasteiger partial charge in [0.25, 0.3) is 5.91 Å². The molecule has 0 saturated heterocycles. The van der Waals surface area contributed by atoms with Crippen LogP contribution in [0.4, 0.5) is 0 Å². The Morgan fingerprint density at radius 3 is 2.92 bits per heavy atom. The van der Waals surface area contributed by atoms with Crippen LogP contribution in [0, 0.1) is 0 Å². The lowest BCUT2D eigenvalue weighted by molar-refractivity contribution is 0.0934. The quantitative estimate of drug-likeness (QED) is 0.898. The van der Waals surface area contributed by atoms with Crippen molar-refractivity contribution in [1.29, 1.82) is 0 Å². The number of rotatable bonds is 5. The van der Waals surface area contributed by atoms with E-state index in [-0.39, 0.29) is 5.91 Å². The van der Waals surface area contributed by atoms with Gasteiger partial charge in [-0.05, 0) is 25.3 Å². The Kier molecular flexibility index (Phi) is 4.74. The minimum Gasteiger partial charge on any atom is -0.351 e. The lowest BCUT2D eigenvalue weighted by atomic mass is 10.1. The molecule has 1 amide bonds. The van der Waals surface area contributed by atoms with E-state index in [0.29, 0.717) is 24.3 Å². The third-order valence-corrected chi connectivity index (χ3v) is 5.31. The molecule has 1 aliphatic carbocycles. The smallest absolute Gasteiger partial charge is 0.271 e. The molecule has 132 valence electrons. The SMILES string of the molecule is O=C(NCC[C@@H]1CN(C2CCCC2)Cc2ccnn21)c1cnccn1. The van der Waals surface area contributed by atoms with Crippen molar-refractivity contribution in [3.63, 3.8) is 0 Å². The first kappa shape index (κ1) is 16.2. The topological polar surface area (TPSA) is 75.9 Å². The first-order chi connectivity index (χ1) is 12.3. The minimum atomic E-state index is -0.169. The van der Waals surface area contributed by atoms with Crippen LogP contribution in [-0.4, -0.2) is 49.7 Å². The average Bonchev–Trinajstić information content (AvgIpc) is 3.33. The maximum Gasteiger partial charge on any atom is 0.271 e. The van der Waals surface area contributed by atoms with Crippen LogP contribution >= 0.6 is 0 Å². The number of hydrogen-bond acceptors (Lipinski definition) is 5. The van der Waals surface area contributed by atoms with E-state index in [1.165, 1.54) is 43.8 Å². The van der Waals surface area contributed by atoms with Crippen molar-refractivity contribution < 1.29 is 4.79 Å². The van der Waals surface area contributed by atoms with Crippen LogP contribution in [0.5, 0.6) is 0 Å². The van der Waals surface area contributed by atoms with E-state index < -0.39 is 0 Å². The molecule has 25 heavy (non-hydrogen) atoms. The molecule has 1 fully saturated rings. The number of aromatic nitrogens is 4. The Hall–Kier alpha value is -2.28. The van der Waals surface area contributed by atoms with Crippen molar-refractivity contribution in [2.24, 2.45) is 0 Å². The van der Waals surface area contributed by atoms with E-state index in [9.17, 15) is 4.79 Å². The monoisotopic (exact) mass is 340 g/mol. The van der Waals surface area contributed by atoms with Gasteiger partial charge >= 0.3 is 0 Å². The van der Waals surface area contributed by atoms with E-state index in [2.05, 4.69) is 36.0 Å². The summed E-state index contributed by atoms with van der Waals surface area (Å²) >= 11 is 0. The van der Waals surface area contributed by atoms with Gasteiger partial charge in [0.1, 0.15) is 5.69 Å². The van der Waals surface area contributed by atoms with Gasteiger partial charge in [-0.25, -0.2) is 4.98 Å². The van der Waals surface area contributed by atoms with Crippen molar-refractivity contribution in [3.8, 4) is 0 Å². The molecule has 1 saturated carbocycles. The summed E-state index contributed by atoms with van der Waals surface area (Å²) in [5.74, 6) is -0.169. The standard InChI is InChI=1S/C18H24N6O/c25-18(17-11-19-9-10-20-17)21-7-5-15-12-23(14-3-1-2-4-14)13-16-6-8-22-24(15)16/h6,8-11,14-15H,1-5,7,12-13H2,(H,21,25)/t15-/m1/s1. The number of nitrogens with one attached hydrogen (secondary N) is 1. The highest BCUT2D eigenvalue weighted by Gasteiger charge is 2.31. The molecule has 7 heteroatoms. The van der Waals surface area contributed by atoms with Crippen molar-refractivity contribution >= 4 is 5.91 Å². The summed E-state index contributed by atoms with van der Waals surface area (Å²) in [5.41, 5.74) is 1.64. The first-order valence-electron chi connectivity index (χ1n) is 9.12. The summed E-state index contributed by atoms with van der Waals surface area (Å²) in [6.45, 7) is 2.62. The molecular weight excluding hydrogens is 316 g/mol. The van der Waals surface area contributed by atoms with E-state index in [1.54, 1.807) is 6.20 Å². The molecule has 1 aliphatic heterocycles. The van der Waals surface area contributed by atoms with E-state index in [1.807, 2.05) is 6.20 Å². The maximum atomic E-state index is 12.1. The van der Waals surface area contributed by atoms with Gasteiger partial charge in [-0.2, -0.15) is 5.10 Å². The van der Waals surface area contributed by atoms with Crippen LogP contribution in [0.15, 0.2) is 30.9 Å². The Balaban J connectivity index is 1.37. The second-order valence-corrected chi connectivity index (χ2v) is 6.92. The van der Waals surface area contributed by atoms with Gasteiger partial charge < -0.3 is 5.32 Å². The Bertz CT molecular complexity index is 709. The highest BCUT2D eigenvalue weighted by molar-refractivity contribution is 5.91. The summed E-state index contributed by atoms with van der Waals surface area (Å²) in [5, 5.41) is 7.46. The number of hydrogen-bond donors (Lipinski definition) is 1. The van der Waals surface area contributed by atoms with Crippen LogP contribution in [-0.2, 0) is 6.54 Å². The Morgan fingerprint density at radius 1 is 1.24 bits per heavy atom. The molecule has 7 nitrogen and oxygen atoms in total. The molecule has 4 rings (SSSR count). The normalized spacial score (nSPS) is 21.2. The zero-order valence-electron chi connectivity index (χ0n) is 14.3. The fourth-order valence-corrected chi connectivity index (χ4v) is 4.04. The minimum absolute atomic E-state index is 0.169. The van der Waals surface area contributed by atoms with Crippen LogP contribution < -0.4 is 5.32 Å². The molecular formula is C18H24N6O. The summed E-state index contributed by atoms with van der Waals surface area (Å²) in [6, 6.07) is 3.13. The number of nitrogens with zero attached hydrogens (tertiary/aromatic N) is 5. The van der Waals surface area contributed by atoms with Crippen molar-refractivity contribution in [1.82, 2.24) is 30.0 Å². The molecule has 1 atom stereocenters. The molecule has 2 aromatic heterocycles. The molecule has 0 bridgehead atoms. The third-order valence-electron chi connectivity index (χ3n) is 5.31. The van der Waals surface area contributed by atoms with Crippen LogP contribution in [0.3, 0.4) is 0 Å². The first-order valence-corrected chi connectivity index (χ1v) is 9.12. The fourth-order valence-electron chi connectivity index (χ4n) is 4.04.